The average molecular weight is 824 g/mol. The van der Waals surface area contributed by atoms with E-state index >= 15 is 0 Å². The maximum atomic E-state index is 5.69. The van der Waals surface area contributed by atoms with Crippen LogP contribution in [0.1, 0.15) is 103 Å². The normalized spacial score (nSPS) is 12.6. The third-order valence-corrected chi connectivity index (χ3v) is 12.9. The highest BCUT2D eigenvalue weighted by molar-refractivity contribution is 6.12. The van der Waals surface area contributed by atoms with Crippen LogP contribution in [0, 0.1) is 0 Å². The standard InChI is InChI=1S/C58H57N5/c1-36(2)42-23-18-24-43(37(3)4)53(42)54-55(38-19-12-11-13-20-38)60-63(56(54)58(8,9)10)41-28-30-46-44-21-14-16-25-48(44)61(50(46)35-41)40-27-29-47-45-22-15-17-26-49(45)62(51(47)34-40)52-33-39(31-32-59-52)57(5,6)7/h11-37H,1-10H3. The van der Waals surface area contributed by atoms with Gasteiger partial charge in [0.15, 0.2) is 0 Å². The molecule has 0 aliphatic rings. The number of para-hydroxylation sites is 2. The van der Waals surface area contributed by atoms with Crippen LogP contribution in [0.15, 0.2) is 152 Å². The van der Waals surface area contributed by atoms with Gasteiger partial charge in [-0.25, -0.2) is 9.67 Å². The molecular weight excluding hydrogens is 767 g/mol. The highest BCUT2D eigenvalue weighted by Crippen LogP contribution is 2.47. The predicted octanol–water partition coefficient (Wildman–Crippen LogP) is 15.6. The summed E-state index contributed by atoms with van der Waals surface area (Å²) in [6, 6.07) is 53.4. The summed E-state index contributed by atoms with van der Waals surface area (Å²) in [4.78, 5) is 4.99. The van der Waals surface area contributed by atoms with Crippen LogP contribution in [0.3, 0.4) is 0 Å². The van der Waals surface area contributed by atoms with Gasteiger partial charge < -0.3 is 4.57 Å². The lowest BCUT2D eigenvalue weighted by Gasteiger charge is -2.26. The van der Waals surface area contributed by atoms with Gasteiger partial charge in [0.05, 0.1) is 33.4 Å². The van der Waals surface area contributed by atoms with Crippen LogP contribution in [-0.4, -0.2) is 23.9 Å². The smallest absolute Gasteiger partial charge is 0.137 e. The SMILES string of the molecule is CC(C)c1cccc(C(C)C)c1-c1c(-c2ccccc2)nn(-c2ccc3c4ccccc4n(-c4ccc5c6ccccc6n(-c6cc(C(C)(C)C)ccn6)c5c4)c3c2)c1C(C)(C)C. The molecule has 314 valence electrons. The average Bonchev–Trinajstić information content (AvgIpc) is 3.94. The minimum Gasteiger partial charge on any atom is -0.309 e. The zero-order chi connectivity index (χ0) is 43.9. The number of nitrogens with zero attached hydrogens (tertiary/aromatic N) is 5. The summed E-state index contributed by atoms with van der Waals surface area (Å²) >= 11 is 0. The van der Waals surface area contributed by atoms with Gasteiger partial charge in [-0.15, -0.1) is 0 Å². The third kappa shape index (κ3) is 6.68. The van der Waals surface area contributed by atoms with Crippen LogP contribution in [0.4, 0.5) is 0 Å². The molecule has 0 bridgehead atoms. The molecule has 5 heteroatoms. The Labute approximate surface area is 371 Å². The summed E-state index contributed by atoms with van der Waals surface area (Å²) in [6.07, 6.45) is 1.95. The van der Waals surface area contributed by atoms with Crippen LogP contribution >= 0.6 is 0 Å². The lowest BCUT2D eigenvalue weighted by molar-refractivity contribution is 0.545. The first kappa shape index (κ1) is 40.4. The minimum atomic E-state index is -0.258. The summed E-state index contributed by atoms with van der Waals surface area (Å²) in [5.41, 5.74) is 16.3. The Hall–Kier alpha value is -6.72. The number of rotatable bonds is 7. The second kappa shape index (κ2) is 15.0. The number of fused-ring (bicyclic) bond motifs is 6. The molecule has 0 aliphatic carbocycles. The van der Waals surface area contributed by atoms with Gasteiger partial charge >= 0.3 is 0 Å². The van der Waals surface area contributed by atoms with Crippen molar-refractivity contribution in [3.8, 4) is 39.6 Å². The topological polar surface area (TPSA) is 40.6 Å². The van der Waals surface area contributed by atoms with E-state index in [1.807, 2.05) is 6.20 Å². The van der Waals surface area contributed by atoms with E-state index < -0.39 is 0 Å². The molecule has 0 saturated heterocycles. The Morgan fingerprint density at radius 1 is 0.460 bits per heavy atom. The molecule has 0 amide bonds. The number of hydrogen-bond donors (Lipinski definition) is 0. The molecule has 0 aliphatic heterocycles. The second-order valence-corrected chi connectivity index (χ2v) is 20.0. The Morgan fingerprint density at radius 3 is 1.60 bits per heavy atom. The Balaban J connectivity index is 1.26. The summed E-state index contributed by atoms with van der Waals surface area (Å²) < 4.78 is 7.04. The van der Waals surface area contributed by atoms with Gasteiger partial charge in [-0.2, -0.15) is 5.10 Å². The number of pyridine rings is 1. The van der Waals surface area contributed by atoms with E-state index in [0.717, 1.165) is 50.5 Å². The van der Waals surface area contributed by atoms with Crippen molar-refractivity contribution in [2.45, 2.75) is 91.9 Å². The van der Waals surface area contributed by atoms with Gasteiger partial charge in [-0.05, 0) is 88.0 Å². The molecule has 6 aromatic carbocycles. The van der Waals surface area contributed by atoms with Crippen molar-refractivity contribution in [3.63, 3.8) is 0 Å². The van der Waals surface area contributed by atoms with Crippen LogP contribution in [0.5, 0.6) is 0 Å². The van der Waals surface area contributed by atoms with E-state index in [0.29, 0.717) is 11.8 Å². The summed E-state index contributed by atoms with van der Waals surface area (Å²) in [5.74, 6) is 1.59. The highest BCUT2D eigenvalue weighted by Gasteiger charge is 2.33. The predicted molar refractivity (Wildman–Crippen MR) is 266 cm³/mol. The molecule has 10 rings (SSSR count). The van der Waals surface area contributed by atoms with Gasteiger partial charge in [0.1, 0.15) is 11.5 Å². The lowest BCUT2D eigenvalue weighted by Crippen LogP contribution is -2.19. The van der Waals surface area contributed by atoms with Gasteiger partial charge in [0.25, 0.3) is 0 Å². The summed E-state index contributed by atoms with van der Waals surface area (Å²) in [6.45, 7) is 23.0. The molecule has 0 N–H and O–H groups in total. The van der Waals surface area contributed by atoms with Gasteiger partial charge in [0.2, 0.25) is 0 Å². The van der Waals surface area contributed by atoms with E-state index in [-0.39, 0.29) is 10.8 Å². The third-order valence-electron chi connectivity index (χ3n) is 12.9. The molecule has 0 spiro atoms. The van der Waals surface area contributed by atoms with Crippen molar-refractivity contribution in [2.24, 2.45) is 0 Å². The zero-order valence-electron chi connectivity index (χ0n) is 38.3. The zero-order valence-corrected chi connectivity index (χ0v) is 38.3. The minimum absolute atomic E-state index is 0.0130. The lowest BCUT2D eigenvalue weighted by atomic mass is 9.79. The molecule has 5 nitrogen and oxygen atoms in total. The van der Waals surface area contributed by atoms with Crippen molar-refractivity contribution in [1.29, 1.82) is 0 Å². The first-order chi connectivity index (χ1) is 30.2. The van der Waals surface area contributed by atoms with Crippen molar-refractivity contribution >= 4 is 43.6 Å². The van der Waals surface area contributed by atoms with E-state index in [4.69, 9.17) is 10.1 Å². The molecule has 4 heterocycles. The fourth-order valence-electron chi connectivity index (χ4n) is 9.89. The largest absolute Gasteiger partial charge is 0.309 e. The molecule has 10 aromatic rings. The van der Waals surface area contributed by atoms with E-state index in [9.17, 15) is 0 Å². The maximum absolute atomic E-state index is 5.69. The first-order valence-electron chi connectivity index (χ1n) is 22.6. The Kier molecular flexibility index (Phi) is 9.59. The molecular formula is C58H57N5. The molecule has 63 heavy (non-hydrogen) atoms. The molecule has 0 fully saturated rings. The van der Waals surface area contributed by atoms with Crippen LogP contribution < -0.4 is 0 Å². The van der Waals surface area contributed by atoms with E-state index in [1.165, 1.54) is 55.1 Å². The monoisotopic (exact) mass is 823 g/mol. The molecule has 0 unspecified atom stereocenters. The van der Waals surface area contributed by atoms with Crippen molar-refractivity contribution in [3.05, 3.63) is 174 Å². The number of aromatic nitrogens is 5. The van der Waals surface area contributed by atoms with Crippen molar-refractivity contribution in [2.75, 3.05) is 0 Å². The summed E-state index contributed by atoms with van der Waals surface area (Å²) in [5, 5.41) is 10.5. The first-order valence-corrected chi connectivity index (χ1v) is 22.6. The fraction of sp³-hybridized carbons (Fsp3) is 0.241. The Morgan fingerprint density at radius 2 is 1.00 bits per heavy atom. The quantitative estimate of drug-likeness (QED) is 0.161. The van der Waals surface area contributed by atoms with Gasteiger partial charge in [-0.1, -0.05) is 166 Å². The van der Waals surface area contributed by atoms with Crippen LogP contribution in [-0.2, 0) is 10.8 Å². The molecule has 0 saturated carbocycles. The molecule has 0 atom stereocenters. The molecule has 0 radical (unpaired) electrons. The van der Waals surface area contributed by atoms with Crippen molar-refractivity contribution in [1.82, 2.24) is 23.9 Å². The maximum Gasteiger partial charge on any atom is 0.137 e. The second-order valence-electron chi connectivity index (χ2n) is 20.0. The van der Waals surface area contributed by atoms with Crippen LogP contribution in [0.25, 0.3) is 83.2 Å². The number of benzene rings is 6. The van der Waals surface area contributed by atoms with E-state index in [1.54, 1.807) is 0 Å². The summed E-state index contributed by atoms with van der Waals surface area (Å²) in [7, 11) is 0. The molecule has 4 aromatic heterocycles. The highest BCUT2D eigenvalue weighted by atomic mass is 15.3. The fourth-order valence-corrected chi connectivity index (χ4v) is 9.89. The van der Waals surface area contributed by atoms with Gasteiger partial charge in [0, 0.05) is 50.0 Å². The van der Waals surface area contributed by atoms with Gasteiger partial charge in [-0.3, -0.25) is 4.57 Å². The Bertz CT molecular complexity index is 3330. The van der Waals surface area contributed by atoms with E-state index in [2.05, 4.69) is 229 Å². The van der Waals surface area contributed by atoms with Crippen molar-refractivity contribution < 1.29 is 0 Å². The van der Waals surface area contributed by atoms with Crippen LogP contribution in [0.2, 0.25) is 0 Å². The number of hydrogen-bond acceptors (Lipinski definition) is 2.